The summed E-state index contributed by atoms with van der Waals surface area (Å²) in [4.78, 5) is 14.2. The Balaban J connectivity index is 1.57. The first-order chi connectivity index (χ1) is 11.1. The zero-order chi connectivity index (χ0) is 16.0. The number of methoxy groups -OCH3 is 1. The third-order valence-electron chi connectivity index (χ3n) is 5.44. The summed E-state index contributed by atoms with van der Waals surface area (Å²) in [5, 5.41) is 4.71. The minimum Gasteiger partial charge on any atom is -0.378 e. The molecule has 0 radical (unpaired) electrons. The van der Waals surface area contributed by atoms with Crippen LogP contribution in [0.4, 0.5) is 4.39 Å². The fourth-order valence-electron chi connectivity index (χ4n) is 3.67. The van der Waals surface area contributed by atoms with Gasteiger partial charge in [0.2, 0.25) is 0 Å². The van der Waals surface area contributed by atoms with Crippen molar-refractivity contribution in [1.82, 2.24) is 14.7 Å². The highest BCUT2D eigenvalue weighted by molar-refractivity contribution is 5.86. The van der Waals surface area contributed by atoms with Crippen LogP contribution in [0.1, 0.15) is 49.1 Å². The van der Waals surface area contributed by atoms with Crippen LogP contribution in [0, 0.1) is 5.92 Å². The number of carbonyl (C=O) groups is 1. The second-order valence-electron chi connectivity index (χ2n) is 7.23. The predicted octanol–water partition coefficient (Wildman–Crippen LogP) is 2.22. The Kier molecular flexibility index (Phi) is 3.67. The molecule has 0 N–H and O–H groups in total. The SMILES string of the molecule is COCc1nn(CC2CC2)c2c1CN(C(=O)C1(F)CCC1)CC2. The maximum atomic E-state index is 14.5. The van der Waals surface area contributed by atoms with Gasteiger partial charge in [-0.3, -0.25) is 9.48 Å². The van der Waals surface area contributed by atoms with E-state index in [1.165, 1.54) is 18.5 Å². The molecule has 0 unspecified atom stereocenters. The van der Waals surface area contributed by atoms with E-state index in [2.05, 4.69) is 4.68 Å². The van der Waals surface area contributed by atoms with E-state index in [4.69, 9.17) is 9.84 Å². The molecule has 1 aromatic rings. The van der Waals surface area contributed by atoms with Crippen LogP contribution in [0.2, 0.25) is 0 Å². The minimum absolute atomic E-state index is 0.326. The van der Waals surface area contributed by atoms with E-state index in [9.17, 15) is 9.18 Å². The Morgan fingerprint density at radius 1 is 1.43 bits per heavy atom. The van der Waals surface area contributed by atoms with Crippen LogP contribution in [0.5, 0.6) is 0 Å². The molecule has 2 saturated carbocycles. The van der Waals surface area contributed by atoms with Crippen LogP contribution >= 0.6 is 0 Å². The molecule has 2 heterocycles. The molecule has 0 aromatic carbocycles. The van der Waals surface area contributed by atoms with Gasteiger partial charge in [0.1, 0.15) is 0 Å². The highest BCUT2D eigenvalue weighted by atomic mass is 19.1. The number of hydrogen-bond acceptors (Lipinski definition) is 3. The lowest BCUT2D eigenvalue weighted by atomic mass is 9.80. The van der Waals surface area contributed by atoms with E-state index in [-0.39, 0.29) is 5.91 Å². The van der Waals surface area contributed by atoms with Crippen LogP contribution in [-0.2, 0) is 35.6 Å². The van der Waals surface area contributed by atoms with Gasteiger partial charge >= 0.3 is 0 Å². The van der Waals surface area contributed by atoms with Crippen molar-refractivity contribution in [3.63, 3.8) is 0 Å². The Morgan fingerprint density at radius 2 is 2.22 bits per heavy atom. The van der Waals surface area contributed by atoms with Crippen molar-refractivity contribution in [2.45, 2.75) is 63.9 Å². The molecule has 3 aliphatic rings. The molecule has 2 fully saturated rings. The molecule has 1 aliphatic heterocycles. The Morgan fingerprint density at radius 3 is 2.83 bits per heavy atom. The molecule has 0 atom stereocenters. The summed E-state index contributed by atoms with van der Waals surface area (Å²) in [6.07, 6.45) is 4.89. The third kappa shape index (κ3) is 2.67. The van der Waals surface area contributed by atoms with Gasteiger partial charge in [0.05, 0.1) is 12.3 Å². The number of aromatic nitrogens is 2. The van der Waals surface area contributed by atoms with Crippen LogP contribution in [0.15, 0.2) is 0 Å². The topological polar surface area (TPSA) is 47.4 Å². The van der Waals surface area contributed by atoms with Crippen molar-refractivity contribution in [3.8, 4) is 0 Å². The smallest absolute Gasteiger partial charge is 0.260 e. The lowest BCUT2D eigenvalue weighted by molar-refractivity contribution is -0.151. The molecule has 5 nitrogen and oxygen atoms in total. The summed E-state index contributed by atoms with van der Waals surface area (Å²) in [5.41, 5.74) is 1.59. The summed E-state index contributed by atoms with van der Waals surface area (Å²) >= 11 is 0. The Bertz CT molecular complexity index is 620. The fourth-order valence-corrected chi connectivity index (χ4v) is 3.67. The second-order valence-corrected chi connectivity index (χ2v) is 7.23. The molecule has 1 aromatic heterocycles. The van der Waals surface area contributed by atoms with Crippen LogP contribution in [0.25, 0.3) is 0 Å². The summed E-state index contributed by atoms with van der Waals surface area (Å²) in [7, 11) is 1.66. The number of ether oxygens (including phenoxy) is 1. The monoisotopic (exact) mass is 321 g/mol. The van der Waals surface area contributed by atoms with Gasteiger partial charge in [0.15, 0.2) is 5.67 Å². The number of amides is 1. The van der Waals surface area contributed by atoms with E-state index < -0.39 is 5.67 Å². The Labute approximate surface area is 135 Å². The largest absolute Gasteiger partial charge is 0.378 e. The van der Waals surface area contributed by atoms with Crippen molar-refractivity contribution in [3.05, 3.63) is 17.0 Å². The molecular weight excluding hydrogens is 297 g/mol. The summed E-state index contributed by atoms with van der Waals surface area (Å²) in [6, 6.07) is 0. The number of fused-ring (bicyclic) bond motifs is 1. The normalized spacial score (nSPS) is 22.6. The van der Waals surface area contributed by atoms with Gasteiger partial charge in [0.25, 0.3) is 5.91 Å². The average molecular weight is 321 g/mol. The van der Waals surface area contributed by atoms with Gasteiger partial charge in [0, 0.05) is 44.4 Å². The maximum absolute atomic E-state index is 14.5. The van der Waals surface area contributed by atoms with E-state index in [1.54, 1.807) is 12.0 Å². The molecule has 23 heavy (non-hydrogen) atoms. The first-order valence-electron chi connectivity index (χ1n) is 8.65. The van der Waals surface area contributed by atoms with Gasteiger partial charge in [-0.25, -0.2) is 4.39 Å². The van der Waals surface area contributed by atoms with Gasteiger partial charge in [-0.2, -0.15) is 5.10 Å². The molecule has 2 aliphatic carbocycles. The van der Waals surface area contributed by atoms with Gasteiger partial charge in [-0.05, 0) is 38.0 Å². The standard InChI is InChI=1S/C17H24FN3O2/c1-23-11-14-13-10-20(16(22)17(18)6-2-7-17)8-5-15(13)21(19-14)9-12-3-4-12/h12H,2-11H2,1H3. The number of alkyl halides is 1. The van der Waals surface area contributed by atoms with E-state index in [0.717, 1.165) is 36.6 Å². The van der Waals surface area contributed by atoms with Crippen molar-refractivity contribution in [1.29, 1.82) is 0 Å². The molecule has 1 amide bonds. The van der Waals surface area contributed by atoms with E-state index in [1.807, 2.05) is 0 Å². The first-order valence-corrected chi connectivity index (χ1v) is 8.65. The highest BCUT2D eigenvalue weighted by Gasteiger charge is 2.47. The molecular formula is C17H24FN3O2. The van der Waals surface area contributed by atoms with E-state index >= 15 is 0 Å². The summed E-state index contributed by atoms with van der Waals surface area (Å²) < 4.78 is 21.8. The Hall–Kier alpha value is -1.43. The highest BCUT2D eigenvalue weighted by Crippen LogP contribution is 2.39. The van der Waals surface area contributed by atoms with Gasteiger partial charge in [-0.15, -0.1) is 0 Å². The quantitative estimate of drug-likeness (QED) is 0.835. The van der Waals surface area contributed by atoms with Gasteiger partial charge in [-0.1, -0.05) is 0 Å². The zero-order valence-corrected chi connectivity index (χ0v) is 13.7. The lowest BCUT2D eigenvalue weighted by Gasteiger charge is -2.38. The minimum atomic E-state index is -1.61. The van der Waals surface area contributed by atoms with Crippen molar-refractivity contribution < 1.29 is 13.9 Å². The number of nitrogens with zero attached hydrogens (tertiary/aromatic N) is 3. The molecule has 6 heteroatoms. The molecule has 4 rings (SSSR count). The van der Waals surface area contributed by atoms with Crippen LogP contribution in [-0.4, -0.2) is 39.9 Å². The first kappa shape index (κ1) is 15.1. The second kappa shape index (κ2) is 5.58. The summed E-state index contributed by atoms with van der Waals surface area (Å²) in [5.74, 6) is 0.422. The lowest BCUT2D eigenvalue weighted by Crippen LogP contribution is -2.51. The average Bonchev–Trinajstić information content (AvgIpc) is 3.28. The van der Waals surface area contributed by atoms with Crippen LogP contribution < -0.4 is 0 Å². The van der Waals surface area contributed by atoms with Crippen molar-refractivity contribution in [2.75, 3.05) is 13.7 Å². The van der Waals surface area contributed by atoms with Gasteiger partial charge < -0.3 is 9.64 Å². The number of halogens is 1. The number of carbonyl (C=O) groups excluding carboxylic acids is 1. The molecule has 0 bridgehead atoms. The number of rotatable bonds is 5. The fraction of sp³-hybridized carbons (Fsp3) is 0.765. The van der Waals surface area contributed by atoms with E-state index in [0.29, 0.717) is 32.5 Å². The predicted molar refractivity (Wildman–Crippen MR) is 82.5 cm³/mol. The molecule has 0 saturated heterocycles. The summed E-state index contributed by atoms with van der Waals surface area (Å²) in [6.45, 7) is 2.49. The van der Waals surface area contributed by atoms with Crippen LogP contribution in [0.3, 0.4) is 0 Å². The maximum Gasteiger partial charge on any atom is 0.260 e. The van der Waals surface area contributed by atoms with Crippen molar-refractivity contribution >= 4 is 5.91 Å². The zero-order valence-electron chi connectivity index (χ0n) is 13.7. The number of hydrogen-bond donors (Lipinski definition) is 0. The molecule has 126 valence electrons. The van der Waals surface area contributed by atoms with Crippen molar-refractivity contribution in [2.24, 2.45) is 5.92 Å². The molecule has 0 spiro atoms. The third-order valence-corrected chi connectivity index (χ3v) is 5.44.